The van der Waals surface area contributed by atoms with E-state index in [1.165, 1.54) is 41.7 Å². The monoisotopic (exact) mass is 323 g/mol. The summed E-state index contributed by atoms with van der Waals surface area (Å²) < 4.78 is 0. The summed E-state index contributed by atoms with van der Waals surface area (Å²) in [6.07, 6.45) is 4.89. The molecule has 1 aromatic carbocycles. The number of anilines is 1. The van der Waals surface area contributed by atoms with Crippen molar-refractivity contribution in [1.82, 2.24) is 10.2 Å². The van der Waals surface area contributed by atoms with Crippen LogP contribution in [0.4, 0.5) is 5.82 Å². The lowest BCUT2D eigenvalue weighted by molar-refractivity contribution is 0.103. The van der Waals surface area contributed by atoms with Crippen molar-refractivity contribution in [2.24, 2.45) is 0 Å². The minimum absolute atomic E-state index is 0.122. The highest BCUT2D eigenvalue weighted by Crippen LogP contribution is 2.27. The molecule has 4 rings (SSSR count). The molecule has 0 fully saturated rings. The SMILES string of the molecule is O=C(Nc1cc(-c2ccc3c(c2)CCCC3)[nH]n1)c1cccs1. The van der Waals surface area contributed by atoms with Crippen molar-refractivity contribution in [1.29, 1.82) is 0 Å². The quantitative estimate of drug-likeness (QED) is 0.756. The molecule has 0 radical (unpaired) electrons. The van der Waals surface area contributed by atoms with E-state index in [0.29, 0.717) is 10.7 Å². The molecule has 0 atom stereocenters. The molecular formula is C18H17N3OS. The molecule has 0 saturated heterocycles. The Bertz CT molecular complexity index is 836. The predicted molar refractivity (Wildman–Crippen MR) is 92.9 cm³/mol. The number of fused-ring (bicyclic) bond motifs is 1. The number of aromatic amines is 1. The number of benzene rings is 1. The highest BCUT2D eigenvalue weighted by Gasteiger charge is 2.13. The van der Waals surface area contributed by atoms with Gasteiger partial charge in [0.15, 0.2) is 5.82 Å². The van der Waals surface area contributed by atoms with Crippen LogP contribution in [0.5, 0.6) is 0 Å². The first-order valence-electron chi connectivity index (χ1n) is 7.82. The van der Waals surface area contributed by atoms with Gasteiger partial charge < -0.3 is 5.32 Å². The fraction of sp³-hybridized carbons (Fsp3) is 0.222. The molecular weight excluding hydrogens is 306 g/mol. The van der Waals surface area contributed by atoms with Crippen LogP contribution >= 0.6 is 11.3 Å². The lowest BCUT2D eigenvalue weighted by Crippen LogP contribution is -2.10. The number of thiophene rings is 1. The molecule has 1 amide bonds. The molecule has 5 heteroatoms. The Labute approximate surface area is 138 Å². The number of nitrogens with zero attached hydrogens (tertiary/aromatic N) is 1. The molecule has 4 nitrogen and oxygen atoms in total. The number of carbonyl (C=O) groups excluding carboxylic acids is 1. The van der Waals surface area contributed by atoms with E-state index in [-0.39, 0.29) is 5.91 Å². The number of nitrogens with one attached hydrogen (secondary N) is 2. The maximum Gasteiger partial charge on any atom is 0.266 e. The molecule has 2 N–H and O–H groups in total. The molecule has 0 saturated carbocycles. The predicted octanol–water partition coefficient (Wildman–Crippen LogP) is 4.27. The average molecular weight is 323 g/mol. The average Bonchev–Trinajstić information content (AvgIpc) is 3.26. The number of amides is 1. The Hall–Kier alpha value is -2.40. The summed E-state index contributed by atoms with van der Waals surface area (Å²) in [5.41, 5.74) is 4.95. The van der Waals surface area contributed by atoms with Crippen LogP contribution < -0.4 is 5.32 Å². The first-order chi connectivity index (χ1) is 11.3. The summed E-state index contributed by atoms with van der Waals surface area (Å²) in [5, 5.41) is 11.9. The zero-order valence-corrected chi connectivity index (χ0v) is 13.5. The van der Waals surface area contributed by atoms with Crippen molar-refractivity contribution in [2.75, 3.05) is 5.32 Å². The van der Waals surface area contributed by atoms with Crippen molar-refractivity contribution < 1.29 is 4.79 Å². The highest BCUT2D eigenvalue weighted by molar-refractivity contribution is 7.12. The summed E-state index contributed by atoms with van der Waals surface area (Å²) in [5.74, 6) is 0.430. The standard InChI is InChI=1S/C18H17N3OS/c22-18(16-6-3-9-23-16)19-17-11-15(20-21-17)14-8-7-12-4-1-2-5-13(12)10-14/h3,6-11H,1-2,4-5H2,(H2,19,20,21,22). The molecule has 2 aromatic heterocycles. The molecule has 116 valence electrons. The second kappa shape index (κ2) is 6.01. The van der Waals surface area contributed by atoms with Gasteiger partial charge in [0.05, 0.1) is 10.6 Å². The topological polar surface area (TPSA) is 57.8 Å². The second-order valence-corrected chi connectivity index (χ2v) is 6.74. The molecule has 2 heterocycles. The van der Waals surface area contributed by atoms with Gasteiger partial charge in [-0.3, -0.25) is 9.89 Å². The molecule has 0 aliphatic heterocycles. The van der Waals surface area contributed by atoms with Gasteiger partial charge in [-0.15, -0.1) is 11.3 Å². The summed E-state index contributed by atoms with van der Waals surface area (Å²) in [4.78, 5) is 12.7. The van der Waals surface area contributed by atoms with Crippen molar-refractivity contribution in [3.8, 4) is 11.3 Å². The van der Waals surface area contributed by atoms with Crippen LogP contribution in [0.15, 0.2) is 41.8 Å². The van der Waals surface area contributed by atoms with E-state index in [4.69, 9.17) is 0 Å². The van der Waals surface area contributed by atoms with E-state index in [1.54, 1.807) is 6.07 Å². The third kappa shape index (κ3) is 2.92. The van der Waals surface area contributed by atoms with Crippen LogP contribution in [0.3, 0.4) is 0 Å². The Kier molecular flexibility index (Phi) is 3.71. The van der Waals surface area contributed by atoms with E-state index in [9.17, 15) is 4.79 Å². The van der Waals surface area contributed by atoms with E-state index < -0.39 is 0 Å². The van der Waals surface area contributed by atoms with E-state index in [2.05, 4.69) is 33.7 Å². The second-order valence-electron chi connectivity index (χ2n) is 5.79. The number of aryl methyl sites for hydroxylation is 2. The zero-order chi connectivity index (χ0) is 15.6. The van der Waals surface area contributed by atoms with Gasteiger partial charge in [-0.2, -0.15) is 5.10 Å². The van der Waals surface area contributed by atoms with Crippen LogP contribution in [0, 0.1) is 0 Å². The van der Waals surface area contributed by atoms with Crippen molar-refractivity contribution in [3.05, 3.63) is 57.8 Å². The van der Waals surface area contributed by atoms with Crippen LogP contribution in [-0.2, 0) is 12.8 Å². The minimum Gasteiger partial charge on any atom is -0.304 e. The number of hydrogen-bond donors (Lipinski definition) is 2. The maximum atomic E-state index is 12.1. The van der Waals surface area contributed by atoms with E-state index in [0.717, 1.165) is 17.7 Å². The molecule has 1 aliphatic carbocycles. The van der Waals surface area contributed by atoms with Crippen LogP contribution in [0.1, 0.15) is 33.6 Å². The number of carbonyl (C=O) groups is 1. The van der Waals surface area contributed by atoms with Gasteiger partial charge in [-0.25, -0.2) is 0 Å². The fourth-order valence-corrected chi connectivity index (χ4v) is 3.64. The Morgan fingerprint density at radius 3 is 2.83 bits per heavy atom. The molecule has 0 spiro atoms. The lowest BCUT2D eigenvalue weighted by atomic mass is 9.90. The largest absolute Gasteiger partial charge is 0.304 e. The zero-order valence-electron chi connectivity index (χ0n) is 12.6. The molecule has 0 unspecified atom stereocenters. The van der Waals surface area contributed by atoms with Crippen molar-refractivity contribution in [3.63, 3.8) is 0 Å². The highest BCUT2D eigenvalue weighted by atomic mass is 32.1. The molecule has 3 aromatic rings. The number of hydrogen-bond acceptors (Lipinski definition) is 3. The molecule has 23 heavy (non-hydrogen) atoms. The third-order valence-electron chi connectivity index (χ3n) is 4.22. The van der Waals surface area contributed by atoms with Gasteiger partial charge in [0.25, 0.3) is 5.91 Å². The smallest absolute Gasteiger partial charge is 0.266 e. The molecule has 1 aliphatic rings. The maximum absolute atomic E-state index is 12.1. The first-order valence-corrected chi connectivity index (χ1v) is 8.70. The fourth-order valence-electron chi connectivity index (χ4n) is 3.02. The lowest BCUT2D eigenvalue weighted by Gasteiger charge is -2.16. The normalized spacial score (nSPS) is 13.6. The summed E-state index contributed by atoms with van der Waals surface area (Å²) in [7, 11) is 0. The van der Waals surface area contributed by atoms with E-state index >= 15 is 0 Å². The van der Waals surface area contributed by atoms with Gasteiger partial charge in [-0.1, -0.05) is 18.2 Å². The van der Waals surface area contributed by atoms with Gasteiger partial charge in [0.1, 0.15) is 0 Å². The van der Waals surface area contributed by atoms with E-state index in [1.807, 2.05) is 17.5 Å². The van der Waals surface area contributed by atoms with Gasteiger partial charge in [0.2, 0.25) is 0 Å². The van der Waals surface area contributed by atoms with Crippen LogP contribution in [0.25, 0.3) is 11.3 Å². The Morgan fingerprint density at radius 2 is 2.00 bits per heavy atom. The number of rotatable bonds is 3. The van der Waals surface area contributed by atoms with Crippen LogP contribution in [-0.4, -0.2) is 16.1 Å². The van der Waals surface area contributed by atoms with Gasteiger partial charge in [0, 0.05) is 6.07 Å². The Morgan fingerprint density at radius 1 is 1.13 bits per heavy atom. The van der Waals surface area contributed by atoms with Crippen LogP contribution in [0.2, 0.25) is 0 Å². The number of H-pyrrole nitrogens is 1. The number of aromatic nitrogens is 2. The summed E-state index contributed by atoms with van der Waals surface area (Å²) >= 11 is 1.42. The van der Waals surface area contributed by atoms with Crippen molar-refractivity contribution >= 4 is 23.1 Å². The van der Waals surface area contributed by atoms with Gasteiger partial charge >= 0.3 is 0 Å². The first kappa shape index (κ1) is 14.2. The summed E-state index contributed by atoms with van der Waals surface area (Å²) in [6, 6.07) is 12.1. The minimum atomic E-state index is -0.122. The Balaban J connectivity index is 1.55. The van der Waals surface area contributed by atoms with Gasteiger partial charge in [-0.05, 0) is 59.9 Å². The summed E-state index contributed by atoms with van der Waals surface area (Å²) in [6.45, 7) is 0. The molecule has 0 bridgehead atoms. The third-order valence-corrected chi connectivity index (χ3v) is 5.09. The van der Waals surface area contributed by atoms with Crippen molar-refractivity contribution in [2.45, 2.75) is 25.7 Å².